The van der Waals surface area contributed by atoms with Gasteiger partial charge in [-0.1, -0.05) is 6.07 Å². The molecule has 2 aliphatic rings. The molecule has 1 aliphatic heterocycles. The smallest absolute Gasteiger partial charge is 0.341 e. The maximum Gasteiger partial charge on any atom is 0.341 e. The van der Waals surface area contributed by atoms with Gasteiger partial charge in [-0.05, 0) is 48.6 Å². The Kier molecular flexibility index (Phi) is 5.44. The summed E-state index contributed by atoms with van der Waals surface area (Å²) in [6, 6.07) is 6.83. The average Bonchev–Trinajstić information content (AvgIpc) is 3.65. The predicted octanol–water partition coefficient (Wildman–Crippen LogP) is 3.37. The molecule has 0 amide bonds. The Morgan fingerprint density at radius 2 is 2.05 bits per heavy atom. The molecule has 10 nitrogen and oxygen atoms in total. The number of fused-ring (bicyclic) bond motifs is 2. The largest absolute Gasteiger partial charge is 0.494 e. The molecule has 0 atom stereocenters. The summed E-state index contributed by atoms with van der Waals surface area (Å²) in [7, 11) is 1.43. The Hall–Kier alpha value is -4.67. The molecule has 2 aromatic heterocycles. The number of nitrogens with two attached hydrogens (primary N) is 2. The molecule has 2 aromatic carbocycles. The van der Waals surface area contributed by atoms with Crippen molar-refractivity contribution < 1.29 is 19.0 Å². The summed E-state index contributed by atoms with van der Waals surface area (Å²) in [5.74, 6) is -1.33. The first kappa shape index (κ1) is 23.7. The van der Waals surface area contributed by atoms with E-state index in [1.165, 1.54) is 13.3 Å². The van der Waals surface area contributed by atoms with E-state index >= 15 is 4.39 Å². The van der Waals surface area contributed by atoms with Crippen LogP contribution in [0, 0.1) is 5.82 Å². The SMILES string of the molecule is COc1c(-c2ccc3c(c2)CCN3Cc2cnc(N)nc2N)c(F)cc2c(=O)c(C(=O)O)cn(C3CC3)c12. The average molecular weight is 517 g/mol. The molecular weight excluding hydrogens is 491 g/mol. The van der Waals surface area contributed by atoms with E-state index in [2.05, 4.69) is 14.9 Å². The van der Waals surface area contributed by atoms with Crippen LogP contribution in [-0.4, -0.2) is 39.3 Å². The number of hydrogen-bond donors (Lipinski definition) is 3. The molecular formula is C27H25FN6O4. The molecule has 4 aromatic rings. The standard InChI is InChI=1S/C27H25FN6O4/c1-38-24-21(19(28)9-17-22(24)34(16-3-4-16)12-18(23(17)35)26(36)37)14-2-5-20-13(8-14)6-7-33(20)11-15-10-31-27(30)32-25(15)29/h2,5,8-10,12,16H,3-4,6-7,11H2,1H3,(H,36,37)(H4,29,30,31,32). The van der Waals surface area contributed by atoms with Crippen LogP contribution in [0.1, 0.15) is 40.4 Å². The van der Waals surface area contributed by atoms with Gasteiger partial charge >= 0.3 is 5.97 Å². The molecule has 38 heavy (non-hydrogen) atoms. The van der Waals surface area contributed by atoms with Crippen LogP contribution >= 0.6 is 0 Å². The highest BCUT2D eigenvalue weighted by Crippen LogP contribution is 2.44. The van der Waals surface area contributed by atoms with Gasteiger partial charge in [-0.25, -0.2) is 14.2 Å². The lowest BCUT2D eigenvalue weighted by molar-refractivity contribution is 0.0694. The number of nitrogen functional groups attached to an aromatic ring is 2. The number of pyridine rings is 1. The lowest BCUT2D eigenvalue weighted by atomic mass is 9.97. The Bertz CT molecular complexity index is 1700. The molecule has 1 saturated carbocycles. The number of rotatable bonds is 6. The van der Waals surface area contributed by atoms with Gasteiger partial charge in [0.25, 0.3) is 0 Å². The number of carbonyl (C=O) groups is 1. The number of anilines is 3. The molecule has 0 saturated heterocycles. The first-order chi connectivity index (χ1) is 18.3. The minimum absolute atomic E-state index is 0.00876. The van der Waals surface area contributed by atoms with Gasteiger partial charge in [-0.2, -0.15) is 4.98 Å². The number of hydrogen-bond acceptors (Lipinski definition) is 8. The molecule has 194 valence electrons. The van der Waals surface area contributed by atoms with Gasteiger partial charge in [0.05, 0.1) is 23.6 Å². The van der Waals surface area contributed by atoms with Crippen molar-refractivity contribution in [2.45, 2.75) is 31.8 Å². The minimum atomic E-state index is -1.34. The first-order valence-electron chi connectivity index (χ1n) is 12.2. The zero-order chi connectivity index (χ0) is 26.7. The number of methoxy groups -OCH3 is 1. The number of aromatic nitrogens is 3. The number of carboxylic acids is 1. The van der Waals surface area contributed by atoms with Crippen LogP contribution in [0.5, 0.6) is 5.75 Å². The van der Waals surface area contributed by atoms with Gasteiger partial charge in [0, 0.05) is 42.8 Å². The first-order valence-corrected chi connectivity index (χ1v) is 12.2. The quantitative estimate of drug-likeness (QED) is 0.350. The van der Waals surface area contributed by atoms with Gasteiger partial charge in [-0.3, -0.25) is 4.79 Å². The van der Waals surface area contributed by atoms with Crippen molar-refractivity contribution in [1.82, 2.24) is 14.5 Å². The zero-order valence-corrected chi connectivity index (χ0v) is 20.6. The fourth-order valence-corrected chi connectivity index (χ4v) is 5.27. The minimum Gasteiger partial charge on any atom is -0.494 e. The normalized spacial score (nSPS) is 14.6. The van der Waals surface area contributed by atoms with Crippen molar-refractivity contribution in [1.29, 1.82) is 0 Å². The van der Waals surface area contributed by atoms with Crippen molar-refractivity contribution in [2.75, 3.05) is 30.0 Å². The molecule has 1 aliphatic carbocycles. The molecule has 3 heterocycles. The second-order valence-electron chi connectivity index (χ2n) is 9.63. The third-order valence-electron chi connectivity index (χ3n) is 7.24. The highest BCUT2D eigenvalue weighted by atomic mass is 19.1. The van der Waals surface area contributed by atoms with Gasteiger partial charge in [0.2, 0.25) is 11.4 Å². The van der Waals surface area contributed by atoms with Crippen molar-refractivity contribution in [3.05, 3.63) is 69.4 Å². The highest BCUT2D eigenvalue weighted by molar-refractivity contribution is 5.98. The predicted molar refractivity (Wildman–Crippen MR) is 141 cm³/mol. The maximum absolute atomic E-state index is 15.7. The zero-order valence-electron chi connectivity index (χ0n) is 20.6. The van der Waals surface area contributed by atoms with Crippen LogP contribution in [0.25, 0.3) is 22.0 Å². The van der Waals surface area contributed by atoms with Gasteiger partial charge < -0.3 is 30.8 Å². The van der Waals surface area contributed by atoms with E-state index in [1.807, 2.05) is 18.2 Å². The number of nitrogens with zero attached hydrogens (tertiary/aromatic N) is 4. The van der Waals surface area contributed by atoms with E-state index in [0.29, 0.717) is 23.4 Å². The fraction of sp³-hybridized carbons (Fsp3) is 0.259. The number of ether oxygens (including phenoxy) is 1. The Morgan fingerprint density at radius 1 is 1.26 bits per heavy atom. The molecule has 0 bridgehead atoms. The molecule has 0 spiro atoms. The summed E-state index contributed by atoms with van der Waals surface area (Å²) >= 11 is 0. The van der Waals surface area contributed by atoms with Crippen LogP contribution in [0.4, 0.5) is 21.8 Å². The van der Waals surface area contributed by atoms with Gasteiger partial charge in [0.1, 0.15) is 17.2 Å². The van der Waals surface area contributed by atoms with Crippen molar-refractivity contribution in [3.63, 3.8) is 0 Å². The van der Waals surface area contributed by atoms with Gasteiger partial charge in [0.15, 0.2) is 5.75 Å². The van der Waals surface area contributed by atoms with Crippen LogP contribution in [-0.2, 0) is 13.0 Å². The summed E-state index contributed by atoms with van der Waals surface area (Å²) < 4.78 is 23.1. The lowest BCUT2D eigenvalue weighted by Gasteiger charge is -2.21. The maximum atomic E-state index is 15.7. The molecule has 0 unspecified atom stereocenters. The fourth-order valence-electron chi connectivity index (χ4n) is 5.27. The summed E-state index contributed by atoms with van der Waals surface area (Å²) in [6.45, 7) is 1.24. The second-order valence-corrected chi connectivity index (χ2v) is 9.63. The summed E-state index contributed by atoms with van der Waals surface area (Å²) in [6.07, 6.45) is 5.39. The number of halogens is 1. The van der Waals surface area contributed by atoms with Crippen LogP contribution in [0.15, 0.2) is 41.5 Å². The Labute approximate surface area is 216 Å². The lowest BCUT2D eigenvalue weighted by Crippen LogP contribution is -2.21. The number of benzene rings is 2. The van der Waals surface area contributed by atoms with Crippen LogP contribution in [0.3, 0.4) is 0 Å². The summed E-state index contributed by atoms with van der Waals surface area (Å²) in [4.78, 5) is 34.9. The topological polar surface area (TPSA) is 150 Å². The molecule has 0 radical (unpaired) electrons. The Morgan fingerprint density at radius 3 is 2.74 bits per heavy atom. The van der Waals surface area contributed by atoms with E-state index in [4.69, 9.17) is 16.2 Å². The van der Waals surface area contributed by atoms with Crippen molar-refractivity contribution in [2.24, 2.45) is 0 Å². The van der Waals surface area contributed by atoms with E-state index in [-0.39, 0.29) is 34.3 Å². The summed E-state index contributed by atoms with van der Waals surface area (Å²) in [5.41, 5.74) is 14.5. The van der Waals surface area contributed by atoms with Crippen LogP contribution in [0.2, 0.25) is 0 Å². The highest BCUT2D eigenvalue weighted by Gasteiger charge is 2.31. The van der Waals surface area contributed by atoms with Crippen molar-refractivity contribution >= 4 is 34.3 Å². The molecule has 5 N–H and O–H groups in total. The molecule has 6 rings (SSSR count). The number of carboxylic acid groups (broad SMARTS) is 1. The Balaban J connectivity index is 1.46. The monoisotopic (exact) mass is 516 g/mol. The van der Waals surface area contributed by atoms with E-state index < -0.39 is 17.2 Å². The van der Waals surface area contributed by atoms with E-state index in [1.54, 1.807) is 10.8 Å². The molecule has 1 fully saturated rings. The van der Waals surface area contributed by atoms with E-state index in [0.717, 1.165) is 48.7 Å². The van der Waals surface area contributed by atoms with Crippen molar-refractivity contribution in [3.8, 4) is 16.9 Å². The third kappa shape index (κ3) is 3.78. The van der Waals surface area contributed by atoms with Crippen LogP contribution < -0.4 is 26.5 Å². The number of aromatic carboxylic acids is 1. The molecule has 11 heteroatoms. The second kappa shape index (κ2) is 8.72. The summed E-state index contributed by atoms with van der Waals surface area (Å²) in [5, 5.41) is 9.54. The van der Waals surface area contributed by atoms with Gasteiger partial charge in [-0.15, -0.1) is 0 Å². The van der Waals surface area contributed by atoms with E-state index in [9.17, 15) is 14.7 Å². The third-order valence-corrected chi connectivity index (χ3v) is 7.24.